The average Bonchev–Trinajstić information content (AvgIpc) is 2.69. The van der Waals surface area contributed by atoms with Gasteiger partial charge in [0.1, 0.15) is 17.3 Å². The SMILES string of the molecule is Cl.Cl.NC1=N[C@@]2(c3cc(NC(=O)c4ccc(F)cn4)ccc3F)CCOCC2CS1. The Kier molecular flexibility index (Phi) is 8.04. The fourth-order valence-electron chi connectivity index (χ4n) is 3.60. The molecule has 0 saturated carbocycles. The van der Waals surface area contributed by atoms with Crippen LogP contribution in [0.2, 0.25) is 0 Å². The zero-order chi connectivity index (χ0) is 19.7. The molecular weight excluding hydrogens is 457 g/mol. The predicted molar refractivity (Wildman–Crippen MR) is 118 cm³/mol. The number of amidine groups is 1. The number of nitrogens with one attached hydrogen (secondary N) is 1. The minimum absolute atomic E-state index is 0. The number of nitrogens with two attached hydrogens (primary N) is 1. The monoisotopic (exact) mass is 476 g/mol. The molecule has 2 atom stereocenters. The van der Waals surface area contributed by atoms with Gasteiger partial charge >= 0.3 is 0 Å². The first-order valence-electron chi connectivity index (χ1n) is 8.77. The number of aromatic nitrogens is 1. The fraction of sp³-hybridized carbons (Fsp3) is 0.316. The number of benzene rings is 1. The van der Waals surface area contributed by atoms with E-state index in [9.17, 15) is 13.6 Å². The molecule has 0 bridgehead atoms. The number of carbonyl (C=O) groups excluding carboxylic acids is 1. The summed E-state index contributed by atoms with van der Waals surface area (Å²) in [7, 11) is 0. The van der Waals surface area contributed by atoms with Crippen molar-refractivity contribution in [2.75, 3.05) is 24.3 Å². The van der Waals surface area contributed by atoms with Crippen LogP contribution in [0.25, 0.3) is 0 Å². The summed E-state index contributed by atoms with van der Waals surface area (Å²) in [5.41, 5.74) is 6.00. The van der Waals surface area contributed by atoms with Crippen molar-refractivity contribution >= 4 is 53.3 Å². The van der Waals surface area contributed by atoms with Crippen LogP contribution in [0.4, 0.5) is 14.5 Å². The van der Waals surface area contributed by atoms with Crippen LogP contribution in [-0.2, 0) is 10.3 Å². The van der Waals surface area contributed by atoms with Crippen molar-refractivity contribution in [1.82, 2.24) is 4.98 Å². The van der Waals surface area contributed by atoms with Crippen LogP contribution < -0.4 is 11.1 Å². The van der Waals surface area contributed by atoms with Crippen molar-refractivity contribution in [3.63, 3.8) is 0 Å². The van der Waals surface area contributed by atoms with Crippen molar-refractivity contribution in [3.8, 4) is 0 Å². The Labute approximate surface area is 188 Å². The second-order valence-electron chi connectivity index (χ2n) is 6.72. The van der Waals surface area contributed by atoms with Crippen molar-refractivity contribution in [2.24, 2.45) is 16.6 Å². The number of ether oxygens (including phenoxy) is 1. The fourth-order valence-corrected chi connectivity index (χ4v) is 4.57. The van der Waals surface area contributed by atoms with Gasteiger partial charge < -0.3 is 15.8 Å². The van der Waals surface area contributed by atoms with Crippen molar-refractivity contribution < 1.29 is 18.3 Å². The Bertz CT molecular complexity index is 949. The van der Waals surface area contributed by atoms with Gasteiger partial charge in [-0.3, -0.25) is 9.79 Å². The molecule has 0 aliphatic carbocycles. The van der Waals surface area contributed by atoms with E-state index in [1.165, 1.54) is 30.0 Å². The molecule has 1 aromatic heterocycles. The van der Waals surface area contributed by atoms with Crippen molar-refractivity contribution in [2.45, 2.75) is 12.0 Å². The summed E-state index contributed by atoms with van der Waals surface area (Å²) in [6.07, 6.45) is 1.47. The number of hydrogen-bond donors (Lipinski definition) is 2. The molecule has 2 aromatic rings. The molecule has 11 heteroatoms. The van der Waals surface area contributed by atoms with Crippen molar-refractivity contribution in [3.05, 3.63) is 59.4 Å². The predicted octanol–water partition coefficient (Wildman–Crippen LogP) is 3.75. The summed E-state index contributed by atoms with van der Waals surface area (Å²) >= 11 is 1.43. The summed E-state index contributed by atoms with van der Waals surface area (Å²) in [4.78, 5) is 20.8. The number of anilines is 1. The quantitative estimate of drug-likeness (QED) is 0.703. The molecule has 2 aliphatic rings. The van der Waals surface area contributed by atoms with Crippen LogP contribution in [0.15, 0.2) is 41.5 Å². The minimum atomic E-state index is -0.813. The van der Waals surface area contributed by atoms with E-state index in [0.29, 0.717) is 41.8 Å². The molecule has 3 heterocycles. The first-order valence-corrected chi connectivity index (χ1v) is 9.75. The number of nitrogens with zero attached hydrogens (tertiary/aromatic N) is 2. The number of carbonyl (C=O) groups is 1. The lowest BCUT2D eigenvalue weighted by molar-refractivity contribution is 0.00886. The van der Waals surface area contributed by atoms with Crippen LogP contribution in [0.1, 0.15) is 22.5 Å². The van der Waals surface area contributed by atoms with Gasteiger partial charge in [-0.15, -0.1) is 24.8 Å². The topological polar surface area (TPSA) is 89.6 Å². The number of amides is 1. The average molecular weight is 477 g/mol. The summed E-state index contributed by atoms with van der Waals surface area (Å²) in [5.74, 6) is -0.784. The molecule has 1 aromatic carbocycles. The van der Waals surface area contributed by atoms with Gasteiger partial charge in [0.2, 0.25) is 0 Å². The normalized spacial score (nSPS) is 22.6. The van der Waals surface area contributed by atoms with E-state index in [-0.39, 0.29) is 36.4 Å². The molecule has 1 saturated heterocycles. The first kappa shape index (κ1) is 24.3. The number of pyridine rings is 1. The Balaban J connectivity index is 0.00000160. The number of thioether (sulfide) groups is 1. The minimum Gasteiger partial charge on any atom is -0.381 e. The zero-order valence-corrected chi connectivity index (χ0v) is 18.1. The second-order valence-corrected chi connectivity index (χ2v) is 7.76. The summed E-state index contributed by atoms with van der Waals surface area (Å²) in [6, 6.07) is 6.79. The third kappa shape index (κ3) is 4.69. The molecule has 1 fully saturated rings. The highest BCUT2D eigenvalue weighted by atomic mass is 35.5. The van der Waals surface area contributed by atoms with Crippen LogP contribution in [-0.4, -0.2) is 35.0 Å². The van der Waals surface area contributed by atoms with E-state index in [2.05, 4.69) is 15.3 Å². The van der Waals surface area contributed by atoms with Crippen LogP contribution in [0, 0.1) is 17.6 Å². The molecule has 3 N–H and O–H groups in total. The van der Waals surface area contributed by atoms with Crippen LogP contribution in [0.5, 0.6) is 0 Å². The van der Waals surface area contributed by atoms with Gasteiger partial charge in [0.15, 0.2) is 5.17 Å². The summed E-state index contributed by atoms with van der Waals surface area (Å²) < 4.78 is 33.4. The highest BCUT2D eigenvalue weighted by molar-refractivity contribution is 8.13. The molecular formula is C19H20Cl2F2N4O2S. The van der Waals surface area contributed by atoms with Crippen LogP contribution in [0.3, 0.4) is 0 Å². The molecule has 0 radical (unpaired) electrons. The highest BCUT2D eigenvalue weighted by Gasteiger charge is 2.47. The smallest absolute Gasteiger partial charge is 0.274 e. The standard InChI is InChI=1S/C19H18F2N4O2S.2ClH/c20-12-1-4-16(23-8-12)17(26)24-13-2-3-15(21)14(7-13)19-5-6-27-9-11(19)10-28-18(22)25-19;;/h1-4,7-8,11H,5-6,9-10H2,(H2,22,25)(H,24,26);2*1H/t11?,19-;;/m0../s1. The number of fused-ring (bicyclic) bond motifs is 1. The maximum absolute atomic E-state index is 14.8. The third-order valence-electron chi connectivity index (χ3n) is 5.01. The highest BCUT2D eigenvalue weighted by Crippen LogP contribution is 2.46. The lowest BCUT2D eigenvalue weighted by atomic mass is 9.75. The van der Waals surface area contributed by atoms with Gasteiger partial charge in [0.05, 0.1) is 18.3 Å². The molecule has 2 aliphatic heterocycles. The molecule has 30 heavy (non-hydrogen) atoms. The van der Waals surface area contributed by atoms with E-state index in [4.69, 9.17) is 10.5 Å². The molecule has 6 nitrogen and oxygen atoms in total. The largest absolute Gasteiger partial charge is 0.381 e. The van der Waals surface area contributed by atoms with Crippen molar-refractivity contribution in [1.29, 1.82) is 0 Å². The van der Waals surface area contributed by atoms with E-state index in [1.807, 2.05) is 0 Å². The lowest BCUT2D eigenvalue weighted by Gasteiger charge is -2.44. The Morgan fingerprint density at radius 1 is 1.27 bits per heavy atom. The summed E-state index contributed by atoms with van der Waals surface area (Å²) in [6.45, 7) is 0.923. The third-order valence-corrected chi connectivity index (χ3v) is 5.97. The number of aliphatic imine (C=N–C) groups is 1. The number of rotatable bonds is 3. The Morgan fingerprint density at radius 2 is 2.07 bits per heavy atom. The van der Waals surface area contributed by atoms with E-state index >= 15 is 0 Å². The Morgan fingerprint density at radius 3 is 2.80 bits per heavy atom. The number of halogens is 4. The maximum Gasteiger partial charge on any atom is 0.274 e. The molecule has 0 spiro atoms. The lowest BCUT2D eigenvalue weighted by Crippen LogP contribution is -2.47. The van der Waals surface area contributed by atoms with Gasteiger partial charge in [-0.25, -0.2) is 13.8 Å². The zero-order valence-electron chi connectivity index (χ0n) is 15.6. The van der Waals surface area contributed by atoms with E-state index in [0.717, 1.165) is 12.3 Å². The Hall–Kier alpha value is -1.94. The van der Waals surface area contributed by atoms with Crippen LogP contribution >= 0.6 is 36.6 Å². The van der Waals surface area contributed by atoms with Gasteiger partial charge in [-0.1, -0.05) is 11.8 Å². The van der Waals surface area contributed by atoms with E-state index in [1.54, 1.807) is 6.07 Å². The number of hydrogen-bond acceptors (Lipinski definition) is 6. The first-order chi connectivity index (χ1) is 13.5. The maximum atomic E-state index is 14.8. The molecule has 1 amide bonds. The second kappa shape index (κ2) is 9.91. The van der Waals surface area contributed by atoms with Gasteiger partial charge in [0, 0.05) is 35.9 Å². The molecule has 4 rings (SSSR count). The van der Waals surface area contributed by atoms with Gasteiger partial charge in [0.25, 0.3) is 5.91 Å². The van der Waals surface area contributed by atoms with Gasteiger partial charge in [-0.2, -0.15) is 0 Å². The molecule has 162 valence electrons. The molecule has 1 unspecified atom stereocenters. The summed E-state index contributed by atoms with van der Waals surface area (Å²) in [5, 5.41) is 3.10. The van der Waals surface area contributed by atoms with E-state index < -0.39 is 23.1 Å². The van der Waals surface area contributed by atoms with Gasteiger partial charge in [-0.05, 0) is 30.3 Å².